The van der Waals surface area contributed by atoms with E-state index in [1.807, 2.05) is 0 Å². The van der Waals surface area contributed by atoms with Crippen molar-refractivity contribution in [1.82, 2.24) is 0 Å². The molecular formula is C16H16N2O6S. The zero-order valence-corrected chi connectivity index (χ0v) is 13.8. The van der Waals surface area contributed by atoms with Crippen LogP contribution in [0.2, 0.25) is 0 Å². The van der Waals surface area contributed by atoms with Crippen LogP contribution in [0.25, 0.3) is 0 Å². The fraction of sp³-hybridized carbons (Fsp3) is 0.125. The maximum absolute atomic E-state index is 12.5. The number of carboxylic acids is 1. The van der Waals surface area contributed by atoms with Crippen molar-refractivity contribution in [2.24, 2.45) is 0 Å². The van der Waals surface area contributed by atoms with Crippen molar-refractivity contribution in [2.45, 2.75) is 9.79 Å². The Morgan fingerprint density at radius 2 is 1.48 bits per heavy atom. The van der Waals surface area contributed by atoms with E-state index in [1.165, 1.54) is 48.5 Å². The Labute approximate surface area is 144 Å². The molecule has 0 radical (unpaired) electrons. The summed E-state index contributed by atoms with van der Waals surface area (Å²) in [5.74, 6) is -1.72. The van der Waals surface area contributed by atoms with Crippen LogP contribution in [-0.4, -0.2) is 38.6 Å². The zero-order chi connectivity index (χ0) is 18.4. The maximum atomic E-state index is 12.5. The number of nitrogens with two attached hydrogens (primary N) is 1. The number of amides is 1. The predicted molar refractivity (Wildman–Crippen MR) is 89.8 cm³/mol. The molecule has 0 fully saturated rings. The molecule has 0 aromatic heterocycles. The molecule has 0 unspecified atom stereocenters. The summed E-state index contributed by atoms with van der Waals surface area (Å²) in [6, 6.07) is 11.4. The van der Waals surface area contributed by atoms with Gasteiger partial charge in [0.1, 0.15) is 13.2 Å². The number of carboxylic acid groups (broad SMARTS) is 1. The molecule has 0 bridgehead atoms. The molecule has 0 saturated heterocycles. The monoisotopic (exact) mass is 364 g/mol. The van der Waals surface area contributed by atoms with Gasteiger partial charge in [-0.25, -0.2) is 13.2 Å². The second kappa shape index (κ2) is 7.77. The van der Waals surface area contributed by atoms with Crippen LogP contribution in [0.4, 0.5) is 11.4 Å². The standard InChI is InChI=1S/C16H16N2O6S/c17-11-1-5-13(6-2-11)25(22,23)14-7-3-12(4-8-14)18-15(19)9-24-10-16(20)21/h1-8H,9-10,17H2,(H,18,19)(H,20,21). The van der Waals surface area contributed by atoms with Gasteiger partial charge in [-0.2, -0.15) is 0 Å². The second-order valence-electron chi connectivity index (χ2n) is 5.03. The zero-order valence-electron chi connectivity index (χ0n) is 13.0. The highest BCUT2D eigenvalue weighted by atomic mass is 32.2. The van der Waals surface area contributed by atoms with Gasteiger partial charge in [0.15, 0.2) is 0 Å². The normalized spacial score (nSPS) is 11.0. The van der Waals surface area contributed by atoms with Crippen molar-refractivity contribution in [1.29, 1.82) is 0 Å². The van der Waals surface area contributed by atoms with Gasteiger partial charge < -0.3 is 20.9 Å². The third-order valence-electron chi connectivity index (χ3n) is 3.10. The summed E-state index contributed by atoms with van der Waals surface area (Å²) < 4.78 is 29.6. The van der Waals surface area contributed by atoms with Gasteiger partial charge in [0, 0.05) is 11.4 Å². The maximum Gasteiger partial charge on any atom is 0.329 e. The summed E-state index contributed by atoms with van der Waals surface area (Å²) >= 11 is 0. The van der Waals surface area contributed by atoms with E-state index in [0.717, 1.165) is 0 Å². The number of nitrogen functional groups attached to an aromatic ring is 1. The van der Waals surface area contributed by atoms with Crippen LogP contribution in [0.5, 0.6) is 0 Å². The van der Waals surface area contributed by atoms with Gasteiger partial charge in [-0.15, -0.1) is 0 Å². The van der Waals surface area contributed by atoms with Crippen LogP contribution in [0.15, 0.2) is 58.3 Å². The molecule has 0 aliphatic rings. The lowest BCUT2D eigenvalue weighted by Crippen LogP contribution is -2.20. The molecule has 0 saturated carbocycles. The molecule has 1 amide bonds. The van der Waals surface area contributed by atoms with E-state index in [9.17, 15) is 18.0 Å². The van der Waals surface area contributed by atoms with E-state index in [0.29, 0.717) is 11.4 Å². The molecule has 0 atom stereocenters. The number of hydrogen-bond donors (Lipinski definition) is 3. The molecular weight excluding hydrogens is 348 g/mol. The highest BCUT2D eigenvalue weighted by molar-refractivity contribution is 7.91. The Bertz CT molecular complexity index is 861. The summed E-state index contributed by atoms with van der Waals surface area (Å²) in [5, 5.41) is 10.9. The average molecular weight is 364 g/mol. The van der Waals surface area contributed by atoms with E-state index >= 15 is 0 Å². The smallest absolute Gasteiger partial charge is 0.329 e. The fourth-order valence-electron chi connectivity index (χ4n) is 1.93. The number of anilines is 2. The SMILES string of the molecule is Nc1ccc(S(=O)(=O)c2ccc(NC(=O)COCC(=O)O)cc2)cc1. The lowest BCUT2D eigenvalue weighted by molar-refractivity contribution is -0.143. The first kappa shape index (κ1) is 18.4. The van der Waals surface area contributed by atoms with Gasteiger partial charge in [-0.1, -0.05) is 0 Å². The Balaban J connectivity index is 2.05. The quantitative estimate of drug-likeness (QED) is 0.627. The van der Waals surface area contributed by atoms with Crippen molar-refractivity contribution >= 4 is 33.1 Å². The number of carbonyl (C=O) groups excluding carboxylic acids is 1. The highest BCUT2D eigenvalue weighted by Crippen LogP contribution is 2.23. The summed E-state index contributed by atoms with van der Waals surface area (Å²) in [7, 11) is -3.68. The van der Waals surface area contributed by atoms with Crippen LogP contribution in [-0.2, 0) is 24.2 Å². The number of benzene rings is 2. The first-order valence-electron chi connectivity index (χ1n) is 7.09. The first-order chi connectivity index (χ1) is 11.8. The van der Waals surface area contributed by atoms with E-state index in [-0.39, 0.29) is 9.79 Å². The van der Waals surface area contributed by atoms with Gasteiger partial charge in [-0.05, 0) is 48.5 Å². The van der Waals surface area contributed by atoms with Gasteiger partial charge in [-0.3, -0.25) is 4.79 Å². The summed E-state index contributed by atoms with van der Waals surface area (Å²) in [5.41, 5.74) is 6.37. The van der Waals surface area contributed by atoms with Gasteiger partial charge in [0.2, 0.25) is 15.7 Å². The minimum atomic E-state index is -3.68. The van der Waals surface area contributed by atoms with Crippen molar-refractivity contribution in [2.75, 3.05) is 24.3 Å². The lowest BCUT2D eigenvalue weighted by atomic mass is 10.3. The summed E-state index contributed by atoms with van der Waals surface area (Å²) in [6.07, 6.45) is 0. The average Bonchev–Trinajstić information content (AvgIpc) is 2.55. The van der Waals surface area contributed by atoms with Gasteiger partial charge in [0.05, 0.1) is 9.79 Å². The van der Waals surface area contributed by atoms with Crippen molar-refractivity contribution in [3.63, 3.8) is 0 Å². The minimum Gasteiger partial charge on any atom is -0.480 e. The molecule has 8 nitrogen and oxygen atoms in total. The molecule has 0 heterocycles. The van der Waals surface area contributed by atoms with Crippen LogP contribution in [0.1, 0.15) is 0 Å². The van der Waals surface area contributed by atoms with Crippen LogP contribution < -0.4 is 11.1 Å². The Kier molecular flexibility index (Phi) is 5.73. The van der Waals surface area contributed by atoms with Crippen molar-refractivity contribution < 1.29 is 27.9 Å². The van der Waals surface area contributed by atoms with Crippen molar-refractivity contribution in [3.05, 3.63) is 48.5 Å². The molecule has 0 spiro atoms. The third kappa shape index (κ3) is 5.03. The van der Waals surface area contributed by atoms with E-state index in [2.05, 4.69) is 10.1 Å². The first-order valence-corrected chi connectivity index (χ1v) is 8.57. The molecule has 2 aromatic rings. The molecule has 0 aliphatic carbocycles. The Morgan fingerprint density at radius 3 is 2.00 bits per heavy atom. The fourth-order valence-corrected chi connectivity index (χ4v) is 3.19. The number of carbonyl (C=O) groups is 2. The topological polar surface area (TPSA) is 136 Å². The number of rotatable bonds is 7. The number of nitrogens with one attached hydrogen (secondary N) is 1. The second-order valence-corrected chi connectivity index (χ2v) is 6.98. The lowest BCUT2D eigenvalue weighted by Gasteiger charge is -2.08. The van der Waals surface area contributed by atoms with Gasteiger partial charge >= 0.3 is 5.97 Å². The van der Waals surface area contributed by atoms with E-state index in [1.54, 1.807) is 0 Å². The largest absolute Gasteiger partial charge is 0.480 e. The molecule has 0 aliphatic heterocycles. The Morgan fingerprint density at radius 1 is 0.960 bits per heavy atom. The molecule has 25 heavy (non-hydrogen) atoms. The van der Waals surface area contributed by atoms with Crippen molar-refractivity contribution in [3.8, 4) is 0 Å². The van der Waals surface area contributed by atoms with E-state index < -0.39 is 34.9 Å². The number of ether oxygens (including phenoxy) is 1. The molecule has 2 aromatic carbocycles. The molecule has 9 heteroatoms. The van der Waals surface area contributed by atoms with Crippen LogP contribution in [0.3, 0.4) is 0 Å². The molecule has 4 N–H and O–H groups in total. The molecule has 132 valence electrons. The predicted octanol–water partition coefficient (Wildman–Crippen LogP) is 1.14. The Hall–Kier alpha value is -2.91. The summed E-state index contributed by atoms with van der Waals surface area (Å²) in [6.45, 7) is -0.996. The van der Waals surface area contributed by atoms with Gasteiger partial charge in [0.25, 0.3) is 0 Å². The molecule has 2 rings (SSSR count). The van der Waals surface area contributed by atoms with E-state index in [4.69, 9.17) is 10.8 Å². The minimum absolute atomic E-state index is 0.0670. The van der Waals surface area contributed by atoms with Crippen LogP contribution in [0, 0.1) is 0 Å². The summed E-state index contributed by atoms with van der Waals surface area (Å²) in [4.78, 5) is 22.0. The number of aliphatic carboxylic acids is 1. The third-order valence-corrected chi connectivity index (χ3v) is 4.88. The number of sulfone groups is 1. The number of hydrogen-bond acceptors (Lipinski definition) is 6. The van der Waals surface area contributed by atoms with Crippen LogP contribution >= 0.6 is 0 Å². The highest BCUT2D eigenvalue weighted by Gasteiger charge is 2.17.